The van der Waals surface area contributed by atoms with E-state index in [2.05, 4.69) is 39.0 Å². The van der Waals surface area contributed by atoms with E-state index < -0.39 is 5.60 Å². The van der Waals surface area contributed by atoms with E-state index in [1.807, 2.05) is 25.7 Å². The smallest absolute Gasteiger partial charge is 0.410 e. The van der Waals surface area contributed by atoms with Gasteiger partial charge in [0.25, 0.3) is 0 Å². The first-order valence-electron chi connectivity index (χ1n) is 8.31. The van der Waals surface area contributed by atoms with Gasteiger partial charge in [0, 0.05) is 36.7 Å². The molecule has 0 aliphatic carbocycles. The van der Waals surface area contributed by atoms with Crippen molar-refractivity contribution in [3.8, 4) is 0 Å². The Bertz CT molecular complexity index is 597. The predicted molar refractivity (Wildman–Crippen MR) is 94.5 cm³/mol. The van der Waals surface area contributed by atoms with Gasteiger partial charge in [0.1, 0.15) is 5.60 Å². The van der Waals surface area contributed by atoms with Crippen molar-refractivity contribution >= 4 is 22.0 Å². The van der Waals surface area contributed by atoms with Crippen LogP contribution in [-0.4, -0.2) is 47.2 Å². The first-order valence-corrected chi connectivity index (χ1v) is 9.10. The van der Waals surface area contributed by atoms with E-state index in [0.29, 0.717) is 6.04 Å². The highest BCUT2D eigenvalue weighted by atomic mass is 79.9. The van der Waals surface area contributed by atoms with Crippen molar-refractivity contribution in [1.82, 2.24) is 9.80 Å². The van der Waals surface area contributed by atoms with E-state index in [9.17, 15) is 4.79 Å². The SMILES string of the molecule is CC(C)(C)OC(=O)N1CCC(N2CCc3ccc(Br)cc3C2)C1. The van der Waals surface area contributed by atoms with Crippen LogP contribution in [0.25, 0.3) is 0 Å². The molecule has 2 aliphatic heterocycles. The zero-order chi connectivity index (χ0) is 16.6. The Morgan fingerprint density at radius 3 is 2.78 bits per heavy atom. The minimum Gasteiger partial charge on any atom is -0.444 e. The van der Waals surface area contributed by atoms with Crippen LogP contribution >= 0.6 is 15.9 Å². The number of nitrogens with zero attached hydrogens (tertiary/aromatic N) is 2. The van der Waals surface area contributed by atoms with Crippen molar-refractivity contribution in [2.75, 3.05) is 19.6 Å². The monoisotopic (exact) mass is 380 g/mol. The van der Waals surface area contributed by atoms with Crippen LogP contribution in [0.1, 0.15) is 38.3 Å². The minimum absolute atomic E-state index is 0.180. The molecule has 2 aliphatic rings. The molecule has 1 amide bonds. The summed E-state index contributed by atoms with van der Waals surface area (Å²) in [4.78, 5) is 16.6. The van der Waals surface area contributed by atoms with Crippen molar-refractivity contribution in [3.63, 3.8) is 0 Å². The molecule has 0 radical (unpaired) electrons. The van der Waals surface area contributed by atoms with Gasteiger partial charge in [-0.05, 0) is 56.9 Å². The summed E-state index contributed by atoms with van der Waals surface area (Å²) in [7, 11) is 0. The summed E-state index contributed by atoms with van der Waals surface area (Å²) in [5.74, 6) is 0. The number of benzene rings is 1. The summed E-state index contributed by atoms with van der Waals surface area (Å²) < 4.78 is 6.63. The lowest BCUT2D eigenvalue weighted by molar-refractivity contribution is 0.0278. The maximum Gasteiger partial charge on any atom is 0.410 e. The van der Waals surface area contributed by atoms with Crippen molar-refractivity contribution in [1.29, 1.82) is 0 Å². The molecule has 1 saturated heterocycles. The maximum absolute atomic E-state index is 12.2. The van der Waals surface area contributed by atoms with Gasteiger partial charge >= 0.3 is 6.09 Å². The largest absolute Gasteiger partial charge is 0.444 e. The fourth-order valence-corrected chi connectivity index (χ4v) is 3.80. The van der Waals surface area contributed by atoms with Gasteiger partial charge in [-0.15, -0.1) is 0 Å². The third-order valence-electron chi connectivity index (χ3n) is 4.54. The number of fused-ring (bicyclic) bond motifs is 1. The summed E-state index contributed by atoms with van der Waals surface area (Å²) in [5, 5.41) is 0. The molecular formula is C18H25BrN2O2. The molecule has 4 nitrogen and oxygen atoms in total. The van der Waals surface area contributed by atoms with Crippen LogP contribution in [0.15, 0.2) is 22.7 Å². The number of hydrogen-bond acceptors (Lipinski definition) is 3. The third-order valence-corrected chi connectivity index (χ3v) is 5.03. The first kappa shape index (κ1) is 16.8. The summed E-state index contributed by atoms with van der Waals surface area (Å²) in [6.45, 7) is 9.36. The number of carbonyl (C=O) groups excluding carboxylic acids is 1. The Morgan fingerprint density at radius 2 is 2.04 bits per heavy atom. The van der Waals surface area contributed by atoms with Crippen LogP contribution in [-0.2, 0) is 17.7 Å². The second-order valence-corrected chi connectivity index (χ2v) is 8.42. The average molecular weight is 381 g/mol. The highest BCUT2D eigenvalue weighted by molar-refractivity contribution is 9.10. The first-order chi connectivity index (χ1) is 10.8. The van der Waals surface area contributed by atoms with E-state index in [-0.39, 0.29) is 6.09 Å². The molecule has 1 atom stereocenters. The number of amides is 1. The van der Waals surface area contributed by atoms with Crippen molar-refractivity contribution in [2.24, 2.45) is 0 Å². The summed E-state index contributed by atoms with van der Waals surface area (Å²) in [6.07, 6.45) is 1.94. The van der Waals surface area contributed by atoms with Crippen molar-refractivity contribution in [2.45, 2.75) is 51.8 Å². The van der Waals surface area contributed by atoms with Crippen LogP contribution < -0.4 is 0 Å². The molecule has 0 N–H and O–H groups in total. The van der Waals surface area contributed by atoms with Gasteiger partial charge in [0.2, 0.25) is 0 Å². The molecule has 1 fully saturated rings. The molecule has 2 heterocycles. The zero-order valence-corrected chi connectivity index (χ0v) is 15.7. The average Bonchev–Trinajstić information content (AvgIpc) is 2.94. The van der Waals surface area contributed by atoms with E-state index in [4.69, 9.17) is 4.74 Å². The molecule has 1 aromatic carbocycles. The molecule has 1 unspecified atom stereocenters. The number of hydrogen-bond donors (Lipinski definition) is 0. The van der Waals surface area contributed by atoms with Gasteiger partial charge in [-0.25, -0.2) is 4.79 Å². The van der Waals surface area contributed by atoms with Crippen LogP contribution in [0, 0.1) is 0 Å². The fraction of sp³-hybridized carbons (Fsp3) is 0.611. The number of halogens is 1. The highest BCUT2D eigenvalue weighted by Gasteiger charge is 2.33. The van der Waals surface area contributed by atoms with E-state index >= 15 is 0 Å². The Hall–Kier alpha value is -1.07. The molecule has 126 valence electrons. The van der Waals surface area contributed by atoms with Crippen LogP contribution in [0.5, 0.6) is 0 Å². The Kier molecular flexibility index (Phi) is 4.70. The minimum atomic E-state index is -0.425. The summed E-state index contributed by atoms with van der Waals surface area (Å²) in [6, 6.07) is 7.00. The molecule has 5 heteroatoms. The fourth-order valence-electron chi connectivity index (χ4n) is 3.39. The topological polar surface area (TPSA) is 32.8 Å². The molecule has 0 aromatic heterocycles. The molecule has 23 heavy (non-hydrogen) atoms. The number of carbonyl (C=O) groups is 1. The van der Waals surface area contributed by atoms with Gasteiger partial charge in [-0.3, -0.25) is 4.90 Å². The summed E-state index contributed by atoms with van der Waals surface area (Å²) >= 11 is 3.56. The lowest BCUT2D eigenvalue weighted by Crippen LogP contribution is -2.42. The summed E-state index contributed by atoms with van der Waals surface area (Å²) in [5.41, 5.74) is 2.43. The van der Waals surface area contributed by atoms with Gasteiger partial charge in [0.15, 0.2) is 0 Å². The Morgan fingerprint density at radius 1 is 1.26 bits per heavy atom. The van der Waals surface area contributed by atoms with Gasteiger partial charge in [-0.2, -0.15) is 0 Å². The van der Waals surface area contributed by atoms with Crippen LogP contribution in [0.2, 0.25) is 0 Å². The van der Waals surface area contributed by atoms with E-state index in [1.165, 1.54) is 11.1 Å². The van der Waals surface area contributed by atoms with Crippen molar-refractivity contribution in [3.05, 3.63) is 33.8 Å². The molecule has 0 saturated carbocycles. The number of likely N-dealkylation sites (tertiary alicyclic amines) is 1. The molecule has 3 rings (SSSR count). The highest BCUT2D eigenvalue weighted by Crippen LogP contribution is 2.27. The van der Waals surface area contributed by atoms with E-state index in [0.717, 1.165) is 43.5 Å². The molecular weight excluding hydrogens is 356 g/mol. The molecule has 1 aromatic rings. The quantitative estimate of drug-likeness (QED) is 0.742. The predicted octanol–water partition coefficient (Wildman–Crippen LogP) is 3.82. The van der Waals surface area contributed by atoms with Crippen LogP contribution in [0.3, 0.4) is 0 Å². The van der Waals surface area contributed by atoms with Gasteiger partial charge < -0.3 is 9.64 Å². The molecule has 0 spiro atoms. The van der Waals surface area contributed by atoms with Crippen LogP contribution in [0.4, 0.5) is 4.79 Å². The molecule has 0 bridgehead atoms. The van der Waals surface area contributed by atoms with E-state index in [1.54, 1.807) is 0 Å². The third kappa shape index (κ3) is 4.07. The maximum atomic E-state index is 12.2. The normalized spacial score (nSPS) is 22.1. The number of ether oxygens (including phenoxy) is 1. The second-order valence-electron chi connectivity index (χ2n) is 7.50. The van der Waals surface area contributed by atoms with Gasteiger partial charge in [0.05, 0.1) is 0 Å². The Labute approximate surface area is 146 Å². The van der Waals surface area contributed by atoms with Crippen molar-refractivity contribution < 1.29 is 9.53 Å². The standard InChI is InChI=1S/C18H25BrN2O2/c1-18(2,3)23-17(22)21-9-7-16(12-21)20-8-6-13-4-5-15(19)10-14(13)11-20/h4-5,10,16H,6-9,11-12H2,1-3H3. The second kappa shape index (κ2) is 6.44. The van der Waals surface area contributed by atoms with Gasteiger partial charge in [-0.1, -0.05) is 22.0 Å². The lowest BCUT2D eigenvalue weighted by Gasteiger charge is -2.33. The lowest BCUT2D eigenvalue weighted by atomic mass is 9.98. The number of rotatable bonds is 1. The zero-order valence-electron chi connectivity index (χ0n) is 14.1. The Balaban J connectivity index is 1.61.